The third-order valence-electron chi connectivity index (χ3n) is 1.52. The Morgan fingerprint density at radius 1 is 1.58 bits per heavy atom. The number of hydrogen-bond donors (Lipinski definition) is 1. The SMILES string of the molecule is COc1c(Cl)ccc(I)c1CO. The molecule has 0 aliphatic heterocycles. The molecule has 0 bridgehead atoms. The first kappa shape index (κ1) is 10.1. The van der Waals surface area contributed by atoms with Gasteiger partial charge in [-0.1, -0.05) is 11.6 Å². The van der Waals surface area contributed by atoms with Crippen LogP contribution in [0.25, 0.3) is 0 Å². The van der Waals surface area contributed by atoms with E-state index in [2.05, 4.69) is 22.6 Å². The lowest BCUT2D eigenvalue weighted by Gasteiger charge is -2.09. The number of hydrogen-bond acceptors (Lipinski definition) is 2. The molecule has 0 aromatic heterocycles. The molecule has 0 saturated heterocycles. The van der Waals surface area contributed by atoms with Crippen LogP contribution in [0.3, 0.4) is 0 Å². The number of rotatable bonds is 2. The number of aliphatic hydroxyl groups is 1. The van der Waals surface area contributed by atoms with E-state index in [1.165, 1.54) is 7.11 Å². The molecule has 0 aliphatic carbocycles. The van der Waals surface area contributed by atoms with Crippen LogP contribution in [0.5, 0.6) is 5.75 Å². The van der Waals surface area contributed by atoms with Crippen molar-refractivity contribution in [3.8, 4) is 5.75 Å². The van der Waals surface area contributed by atoms with Gasteiger partial charge in [-0.2, -0.15) is 0 Å². The molecule has 0 unspecified atom stereocenters. The van der Waals surface area contributed by atoms with Crippen molar-refractivity contribution in [3.05, 3.63) is 26.3 Å². The van der Waals surface area contributed by atoms with Crippen molar-refractivity contribution in [2.24, 2.45) is 0 Å². The largest absolute Gasteiger partial charge is 0.495 e. The van der Waals surface area contributed by atoms with Crippen molar-refractivity contribution < 1.29 is 9.84 Å². The van der Waals surface area contributed by atoms with Gasteiger partial charge in [0.05, 0.1) is 18.7 Å². The molecule has 0 amide bonds. The summed E-state index contributed by atoms with van der Waals surface area (Å²) in [5, 5.41) is 9.54. The van der Waals surface area contributed by atoms with E-state index in [9.17, 15) is 0 Å². The van der Waals surface area contributed by atoms with Gasteiger partial charge >= 0.3 is 0 Å². The molecule has 1 N–H and O–H groups in total. The molecule has 1 rings (SSSR count). The first-order valence-corrected chi connectivity index (χ1v) is 4.78. The van der Waals surface area contributed by atoms with E-state index in [-0.39, 0.29) is 6.61 Å². The van der Waals surface area contributed by atoms with Gasteiger partial charge in [0.15, 0.2) is 0 Å². The minimum Gasteiger partial charge on any atom is -0.495 e. The topological polar surface area (TPSA) is 29.5 Å². The number of benzene rings is 1. The van der Waals surface area contributed by atoms with Gasteiger partial charge in [-0.25, -0.2) is 0 Å². The molecule has 0 heterocycles. The summed E-state index contributed by atoms with van der Waals surface area (Å²) in [6.07, 6.45) is 0. The van der Waals surface area contributed by atoms with Crippen LogP contribution in [-0.2, 0) is 6.61 Å². The maximum absolute atomic E-state index is 9.01. The van der Waals surface area contributed by atoms with Crippen molar-refractivity contribution in [1.29, 1.82) is 0 Å². The van der Waals surface area contributed by atoms with Crippen LogP contribution in [0.15, 0.2) is 12.1 Å². The highest BCUT2D eigenvalue weighted by atomic mass is 127. The van der Waals surface area contributed by atoms with Crippen LogP contribution in [0.2, 0.25) is 5.02 Å². The summed E-state index contributed by atoms with van der Waals surface area (Å²) in [7, 11) is 1.54. The first-order chi connectivity index (χ1) is 5.70. The summed E-state index contributed by atoms with van der Waals surface area (Å²) in [5.41, 5.74) is 0.741. The van der Waals surface area contributed by atoms with E-state index in [1.807, 2.05) is 6.07 Å². The minimum absolute atomic E-state index is 0.0536. The van der Waals surface area contributed by atoms with Gasteiger partial charge in [0.25, 0.3) is 0 Å². The van der Waals surface area contributed by atoms with Crippen LogP contribution in [0.4, 0.5) is 0 Å². The summed E-state index contributed by atoms with van der Waals surface area (Å²) in [4.78, 5) is 0. The lowest BCUT2D eigenvalue weighted by Crippen LogP contribution is -1.95. The zero-order chi connectivity index (χ0) is 9.14. The Labute approximate surface area is 89.6 Å². The van der Waals surface area contributed by atoms with Crippen LogP contribution < -0.4 is 4.74 Å². The number of methoxy groups -OCH3 is 1. The van der Waals surface area contributed by atoms with Crippen molar-refractivity contribution in [1.82, 2.24) is 0 Å². The monoisotopic (exact) mass is 298 g/mol. The second-order valence-corrected chi connectivity index (χ2v) is 3.77. The predicted molar refractivity (Wildman–Crippen MR) is 56.6 cm³/mol. The summed E-state index contributed by atoms with van der Waals surface area (Å²) in [5.74, 6) is 0.561. The van der Waals surface area contributed by atoms with Gasteiger partial charge in [-0.15, -0.1) is 0 Å². The number of halogens is 2. The molecule has 0 spiro atoms. The maximum atomic E-state index is 9.01. The van der Waals surface area contributed by atoms with Gasteiger partial charge in [0.2, 0.25) is 0 Å². The summed E-state index contributed by atoms with van der Waals surface area (Å²) in [6, 6.07) is 3.60. The van der Waals surface area contributed by atoms with Crippen molar-refractivity contribution in [2.75, 3.05) is 7.11 Å². The molecule has 0 fully saturated rings. The average Bonchev–Trinajstić information content (AvgIpc) is 2.08. The zero-order valence-electron chi connectivity index (χ0n) is 6.47. The molecule has 0 aliphatic rings. The fourth-order valence-electron chi connectivity index (χ4n) is 0.943. The number of ether oxygens (including phenoxy) is 1. The van der Waals surface area contributed by atoms with E-state index in [0.29, 0.717) is 10.8 Å². The van der Waals surface area contributed by atoms with E-state index < -0.39 is 0 Å². The Bertz CT molecular complexity index is 260. The highest BCUT2D eigenvalue weighted by Gasteiger charge is 2.09. The van der Waals surface area contributed by atoms with E-state index in [0.717, 1.165) is 9.13 Å². The third kappa shape index (κ3) is 1.84. The molecule has 12 heavy (non-hydrogen) atoms. The standard InChI is InChI=1S/C8H8ClIO2/c1-12-8-5(4-11)7(10)3-2-6(8)9/h2-3,11H,4H2,1H3. The molecule has 1 aromatic rings. The van der Waals surface area contributed by atoms with Crippen LogP contribution in [0.1, 0.15) is 5.56 Å². The molecule has 4 heteroatoms. The lowest BCUT2D eigenvalue weighted by atomic mass is 10.2. The highest BCUT2D eigenvalue weighted by Crippen LogP contribution is 2.31. The van der Waals surface area contributed by atoms with E-state index in [1.54, 1.807) is 6.07 Å². The van der Waals surface area contributed by atoms with Crippen molar-refractivity contribution in [3.63, 3.8) is 0 Å². The Hall–Kier alpha value is -0.0000000000000000763. The third-order valence-corrected chi connectivity index (χ3v) is 2.83. The minimum atomic E-state index is -0.0536. The zero-order valence-corrected chi connectivity index (χ0v) is 9.39. The van der Waals surface area contributed by atoms with E-state index >= 15 is 0 Å². The summed E-state index contributed by atoms with van der Waals surface area (Å²) in [6.45, 7) is -0.0536. The van der Waals surface area contributed by atoms with Gasteiger partial charge in [-0.3, -0.25) is 0 Å². The second-order valence-electron chi connectivity index (χ2n) is 2.20. The van der Waals surface area contributed by atoms with Crippen molar-refractivity contribution >= 4 is 34.2 Å². The quantitative estimate of drug-likeness (QED) is 0.850. The normalized spacial score (nSPS) is 10.0. The van der Waals surface area contributed by atoms with Crippen LogP contribution >= 0.6 is 34.2 Å². The Morgan fingerprint density at radius 2 is 2.25 bits per heavy atom. The van der Waals surface area contributed by atoms with Crippen LogP contribution in [-0.4, -0.2) is 12.2 Å². The second kappa shape index (κ2) is 4.30. The Kier molecular flexibility index (Phi) is 3.61. The summed E-state index contributed by atoms with van der Waals surface area (Å²) >= 11 is 7.97. The van der Waals surface area contributed by atoms with Crippen molar-refractivity contribution in [2.45, 2.75) is 6.61 Å². The van der Waals surface area contributed by atoms with E-state index in [4.69, 9.17) is 21.4 Å². The first-order valence-electron chi connectivity index (χ1n) is 3.32. The molecule has 2 nitrogen and oxygen atoms in total. The predicted octanol–water partition coefficient (Wildman–Crippen LogP) is 2.45. The van der Waals surface area contributed by atoms with Gasteiger partial charge in [-0.05, 0) is 34.7 Å². The van der Waals surface area contributed by atoms with Crippen LogP contribution in [0, 0.1) is 3.57 Å². The molecular formula is C8H8ClIO2. The molecule has 66 valence electrons. The highest BCUT2D eigenvalue weighted by molar-refractivity contribution is 14.1. The molecule has 0 saturated carbocycles. The molecular weight excluding hydrogens is 290 g/mol. The summed E-state index contributed by atoms with van der Waals surface area (Å²) < 4.78 is 6.01. The maximum Gasteiger partial charge on any atom is 0.144 e. The van der Waals surface area contributed by atoms with Gasteiger partial charge in [0, 0.05) is 9.13 Å². The fraction of sp³-hybridized carbons (Fsp3) is 0.250. The Balaban J connectivity index is 3.28. The lowest BCUT2D eigenvalue weighted by molar-refractivity contribution is 0.273. The molecule has 1 aromatic carbocycles. The smallest absolute Gasteiger partial charge is 0.144 e. The molecule has 0 radical (unpaired) electrons. The van der Waals surface area contributed by atoms with Gasteiger partial charge in [0.1, 0.15) is 5.75 Å². The average molecular weight is 299 g/mol. The number of aliphatic hydroxyl groups excluding tert-OH is 1. The Morgan fingerprint density at radius 3 is 2.67 bits per heavy atom. The molecule has 0 atom stereocenters. The fourth-order valence-corrected chi connectivity index (χ4v) is 1.79. The van der Waals surface area contributed by atoms with Gasteiger partial charge < -0.3 is 9.84 Å².